The molecule has 10 heteroatoms. The van der Waals surface area contributed by atoms with Gasteiger partial charge < -0.3 is 19.5 Å². The lowest BCUT2D eigenvalue weighted by atomic mass is 10.0. The van der Waals surface area contributed by atoms with Gasteiger partial charge in [-0.25, -0.2) is 0 Å². The van der Waals surface area contributed by atoms with Gasteiger partial charge in [-0.05, 0) is 72.9 Å². The number of pyridine rings is 1. The number of hydrogen-bond donors (Lipinski definition) is 1. The van der Waals surface area contributed by atoms with Crippen LogP contribution in [0, 0.1) is 10.1 Å². The lowest BCUT2D eigenvalue weighted by Crippen LogP contribution is -2.30. The van der Waals surface area contributed by atoms with Gasteiger partial charge in [-0.1, -0.05) is 17.8 Å². The normalized spacial score (nSPS) is 17.1. The van der Waals surface area contributed by atoms with Crippen LogP contribution >= 0.6 is 24.0 Å². The minimum atomic E-state index is -0.392. The Kier molecular flexibility index (Phi) is 7.50. The van der Waals surface area contributed by atoms with E-state index in [9.17, 15) is 10.1 Å². The summed E-state index contributed by atoms with van der Waals surface area (Å²) in [5.41, 5.74) is 3.08. The SMILES string of the molecule is COCCn1cccc1[C@H]1[C@@H](c2ccccn2)NC(=S)N1c1ccc(Sc2ccc([N+](=O)[O-])cc2)cc1. The van der Waals surface area contributed by atoms with Crippen LogP contribution in [0.25, 0.3) is 0 Å². The van der Waals surface area contributed by atoms with Crippen molar-refractivity contribution in [2.75, 3.05) is 18.6 Å². The van der Waals surface area contributed by atoms with Gasteiger partial charge in [0, 0.05) is 59.4 Å². The van der Waals surface area contributed by atoms with Crippen LogP contribution in [0.15, 0.2) is 101 Å². The number of nitro benzene ring substituents is 1. The Labute approximate surface area is 224 Å². The van der Waals surface area contributed by atoms with Gasteiger partial charge in [0.15, 0.2) is 5.11 Å². The van der Waals surface area contributed by atoms with Crippen molar-refractivity contribution < 1.29 is 9.66 Å². The molecule has 0 amide bonds. The number of ether oxygens (including phenoxy) is 1. The fourth-order valence-corrected chi connectivity index (χ4v) is 5.63. The molecule has 2 atom stereocenters. The number of non-ortho nitro benzene ring substituents is 1. The van der Waals surface area contributed by atoms with E-state index in [2.05, 4.69) is 44.2 Å². The maximum absolute atomic E-state index is 10.9. The number of rotatable bonds is 9. The Bertz CT molecular complexity index is 1380. The Balaban J connectivity index is 1.45. The molecule has 1 saturated heterocycles. The van der Waals surface area contributed by atoms with Gasteiger partial charge in [0.2, 0.25) is 0 Å². The summed E-state index contributed by atoms with van der Waals surface area (Å²) < 4.78 is 7.53. The number of anilines is 1. The standard InChI is InChI=1S/C27H25N5O3S2/c1-35-18-17-30-16-4-6-24(30)26-25(23-5-2-3-15-28-23)29-27(36)31(26)19-7-11-21(12-8-19)37-22-13-9-20(10-14-22)32(33)34/h2-16,25-26H,17-18H2,1H3,(H,29,36)/t25-,26+/m1/s1. The molecule has 2 aromatic carbocycles. The number of nitrogens with zero attached hydrogens (tertiary/aromatic N) is 4. The number of thiocarbonyl (C=S) groups is 1. The lowest BCUT2D eigenvalue weighted by molar-refractivity contribution is -0.384. The van der Waals surface area contributed by atoms with Gasteiger partial charge in [0.25, 0.3) is 5.69 Å². The van der Waals surface area contributed by atoms with Crippen LogP contribution < -0.4 is 10.2 Å². The number of nitro groups is 1. The second kappa shape index (κ2) is 11.1. The summed E-state index contributed by atoms with van der Waals surface area (Å²) in [5, 5.41) is 15.1. The van der Waals surface area contributed by atoms with Crippen molar-refractivity contribution in [3.63, 3.8) is 0 Å². The molecule has 1 fully saturated rings. The molecule has 8 nitrogen and oxygen atoms in total. The molecule has 0 saturated carbocycles. The summed E-state index contributed by atoms with van der Waals surface area (Å²) in [7, 11) is 1.70. The number of methoxy groups -OCH3 is 1. The van der Waals surface area contributed by atoms with Crippen LogP contribution in [-0.4, -0.2) is 33.3 Å². The van der Waals surface area contributed by atoms with Crippen LogP contribution in [0.2, 0.25) is 0 Å². The Hall–Kier alpha value is -3.73. The molecule has 1 aliphatic heterocycles. The van der Waals surface area contributed by atoms with E-state index in [4.69, 9.17) is 17.0 Å². The van der Waals surface area contributed by atoms with Gasteiger partial charge in [0.05, 0.1) is 23.3 Å². The predicted octanol–water partition coefficient (Wildman–Crippen LogP) is 5.77. The third kappa shape index (κ3) is 5.36. The molecule has 37 heavy (non-hydrogen) atoms. The molecule has 2 aromatic heterocycles. The molecule has 0 radical (unpaired) electrons. The molecule has 5 rings (SSSR count). The smallest absolute Gasteiger partial charge is 0.269 e. The fourth-order valence-electron chi connectivity index (χ4n) is 4.47. The van der Waals surface area contributed by atoms with Crippen molar-refractivity contribution in [1.82, 2.24) is 14.9 Å². The van der Waals surface area contributed by atoms with Gasteiger partial charge >= 0.3 is 0 Å². The molecule has 0 unspecified atom stereocenters. The highest BCUT2D eigenvalue weighted by molar-refractivity contribution is 7.99. The molecular formula is C27H25N5O3S2. The average Bonchev–Trinajstić information content (AvgIpc) is 3.52. The highest BCUT2D eigenvalue weighted by Crippen LogP contribution is 2.42. The molecule has 0 aliphatic carbocycles. The Morgan fingerprint density at radius 3 is 2.43 bits per heavy atom. The number of aromatic nitrogens is 2. The summed E-state index contributed by atoms with van der Waals surface area (Å²) in [6.07, 6.45) is 3.86. The summed E-state index contributed by atoms with van der Waals surface area (Å²) in [6.45, 7) is 1.34. The highest BCUT2D eigenvalue weighted by atomic mass is 32.2. The van der Waals surface area contributed by atoms with Gasteiger partial charge in [-0.15, -0.1) is 0 Å². The number of benzene rings is 2. The summed E-state index contributed by atoms with van der Waals surface area (Å²) in [4.78, 5) is 19.3. The van der Waals surface area contributed by atoms with E-state index in [0.29, 0.717) is 11.7 Å². The van der Waals surface area contributed by atoms with E-state index in [0.717, 1.165) is 33.4 Å². The third-order valence-electron chi connectivity index (χ3n) is 6.20. The molecule has 0 spiro atoms. The van der Waals surface area contributed by atoms with Gasteiger partial charge in [0.1, 0.15) is 6.04 Å². The minimum absolute atomic E-state index is 0.0819. The van der Waals surface area contributed by atoms with E-state index in [1.165, 1.54) is 12.1 Å². The third-order valence-corrected chi connectivity index (χ3v) is 7.53. The molecule has 1 aliphatic rings. The zero-order valence-corrected chi connectivity index (χ0v) is 21.7. The van der Waals surface area contributed by atoms with E-state index in [1.54, 1.807) is 37.2 Å². The van der Waals surface area contributed by atoms with Crippen molar-refractivity contribution >= 4 is 40.5 Å². The quantitative estimate of drug-likeness (QED) is 0.166. The second-order valence-corrected chi connectivity index (χ2v) is 10.00. The van der Waals surface area contributed by atoms with E-state index in [1.807, 2.05) is 36.4 Å². The Morgan fingerprint density at radius 2 is 1.78 bits per heavy atom. The molecule has 3 heterocycles. The molecule has 0 bridgehead atoms. The number of hydrogen-bond acceptors (Lipinski definition) is 6. The summed E-state index contributed by atoms with van der Waals surface area (Å²) in [6, 6.07) is 24.6. The molecular weight excluding hydrogens is 506 g/mol. The zero-order valence-electron chi connectivity index (χ0n) is 20.1. The monoisotopic (exact) mass is 531 g/mol. The van der Waals surface area contributed by atoms with E-state index in [-0.39, 0.29) is 17.8 Å². The van der Waals surface area contributed by atoms with Crippen molar-refractivity contribution in [2.45, 2.75) is 28.4 Å². The maximum Gasteiger partial charge on any atom is 0.269 e. The topological polar surface area (TPSA) is 85.5 Å². The molecule has 1 N–H and O–H groups in total. The van der Waals surface area contributed by atoms with Gasteiger partial charge in [-0.3, -0.25) is 15.1 Å². The van der Waals surface area contributed by atoms with Crippen molar-refractivity contribution in [1.29, 1.82) is 0 Å². The minimum Gasteiger partial charge on any atom is -0.383 e. The second-order valence-electron chi connectivity index (χ2n) is 8.46. The fraction of sp³-hybridized carbons (Fsp3) is 0.185. The zero-order chi connectivity index (χ0) is 25.8. The van der Waals surface area contributed by atoms with Crippen molar-refractivity contribution in [3.05, 3.63) is 113 Å². The first-order valence-corrected chi connectivity index (χ1v) is 12.9. The predicted molar refractivity (Wildman–Crippen MR) is 148 cm³/mol. The van der Waals surface area contributed by atoms with Gasteiger partial charge in [-0.2, -0.15) is 0 Å². The molecule has 4 aromatic rings. The van der Waals surface area contributed by atoms with E-state index >= 15 is 0 Å². The van der Waals surface area contributed by atoms with Crippen LogP contribution in [-0.2, 0) is 11.3 Å². The number of nitrogens with one attached hydrogen (secondary N) is 1. The maximum atomic E-state index is 10.9. The van der Waals surface area contributed by atoms with Crippen LogP contribution in [0.4, 0.5) is 11.4 Å². The Morgan fingerprint density at radius 1 is 1.05 bits per heavy atom. The highest BCUT2D eigenvalue weighted by Gasteiger charge is 2.41. The van der Waals surface area contributed by atoms with Crippen LogP contribution in [0.5, 0.6) is 0 Å². The van der Waals surface area contributed by atoms with E-state index < -0.39 is 4.92 Å². The largest absolute Gasteiger partial charge is 0.383 e. The summed E-state index contributed by atoms with van der Waals surface area (Å²) >= 11 is 7.40. The first-order chi connectivity index (χ1) is 18.0. The average molecular weight is 532 g/mol. The van der Waals surface area contributed by atoms with Crippen molar-refractivity contribution in [2.24, 2.45) is 0 Å². The van der Waals surface area contributed by atoms with Crippen LogP contribution in [0.1, 0.15) is 23.5 Å². The first kappa shape index (κ1) is 24.9. The van der Waals surface area contributed by atoms with Crippen LogP contribution in [0.3, 0.4) is 0 Å². The lowest BCUT2D eigenvalue weighted by Gasteiger charge is -2.29. The first-order valence-electron chi connectivity index (χ1n) is 11.7. The molecule has 188 valence electrons. The summed E-state index contributed by atoms with van der Waals surface area (Å²) in [5.74, 6) is 0. The van der Waals surface area contributed by atoms with Crippen molar-refractivity contribution in [3.8, 4) is 0 Å².